The van der Waals surface area contributed by atoms with Crippen molar-refractivity contribution in [1.82, 2.24) is 0 Å². The number of hydrogen-bond donors (Lipinski definition) is 2. The minimum absolute atomic E-state index is 0.0650. The molecule has 31 heavy (non-hydrogen) atoms. The lowest BCUT2D eigenvalue weighted by molar-refractivity contribution is -0.133. The second kappa shape index (κ2) is 9.96. The van der Waals surface area contributed by atoms with Gasteiger partial charge in [-0.15, -0.1) is 0 Å². The van der Waals surface area contributed by atoms with Gasteiger partial charge in [-0.3, -0.25) is 4.79 Å². The average Bonchev–Trinajstić information content (AvgIpc) is 3.39. The van der Waals surface area contributed by atoms with Crippen LogP contribution in [0.4, 0.5) is 0 Å². The van der Waals surface area contributed by atoms with Gasteiger partial charge in [0.15, 0.2) is 17.3 Å². The van der Waals surface area contributed by atoms with Gasteiger partial charge in [0.25, 0.3) is 0 Å². The maximum Gasteiger partial charge on any atom is 0.343 e. The molecule has 2 heterocycles. The Morgan fingerprint density at radius 1 is 1.32 bits per heavy atom. The molecule has 0 spiro atoms. The van der Waals surface area contributed by atoms with Crippen molar-refractivity contribution in [2.24, 2.45) is 5.92 Å². The number of allylic oxidation sites excluding steroid dienone is 4. The van der Waals surface area contributed by atoms with E-state index in [4.69, 9.17) is 9.15 Å². The highest BCUT2D eigenvalue weighted by Crippen LogP contribution is 2.34. The van der Waals surface area contributed by atoms with E-state index in [0.29, 0.717) is 12.0 Å². The van der Waals surface area contributed by atoms with Gasteiger partial charge < -0.3 is 19.4 Å². The number of ketones is 1. The van der Waals surface area contributed by atoms with Crippen molar-refractivity contribution in [2.45, 2.75) is 64.9 Å². The Morgan fingerprint density at radius 3 is 2.74 bits per heavy atom. The first kappa shape index (κ1) is 22.8. The van der Waals surface area contributed by atoms with Crippen LogP contribution in [0.5, 0.6) is 0 Å². The zero-order chi connectivity index (χ0) is 22.5. The molecule has 0 saturated carbocycles. The monoisotopic (exact) mass is 426 g/mol. The molecule has 3 rings (SSSR count). The van der Waals surface area contributed by atoms with Crippen LogP contribution in [0.1, 0.15) is 64.4 Å². The molecule has 0 radical (unpaired) electrons. The van der Waals surface area contributed by atoms with Gasteiger partial charge in [-0.25, -0.2) is 4.79 Å². The van der Waals surface area contributed by atoms with E-state index >= 15 is 0 Å². The van der Waals surface area contributed by atoms with Crippen molar-refractivity contribution in [3.05, 3.63) is 70.6 Å². The van der Waals surface area contributed by atoms with Crippen molar-refractivity contribution in [2.75, 3.05) is 0 Å². The van der Waals surface area contributed by atoms with Gasteiger partial charge in [0, 0.05) is 5.56 Å². The van der Waals surface area contributed by atoms with Crippen LogP contribution in [0.25, 0.3) is 0 Å². The first-order valence-corrected chi connectivity index (χ1v) is 10.7. The Morgan fingerprint density at radius 2 is 2.10 bits per heavy atom. The summed E-state index contributed by atoms with van der Waals surface area (Å²) in [5, 5.41) is 20.4. The quantitative estimate of drug-likeness (QED) is 0.424. The molecule has 6 nitrogen and oxygen atoms in total. The molecule has 0 fully saturated rings. The number of hydrogen-bond acceptors (Lipinski definition) is 6. The largest absolute Gasteiger partial charge is 0.504 e. The predicted octanol–water partition coefficient (Wildman–Crippen LogP) is 5.04. The molecule has 0 amide bonds. The fraction of sp³-hybridized carbons (Fsp3) is 0.440. The van der Waals surface area contributed by atoms with Crippen LogP contribution in [-0.2, 0) is 14.3 Å². The lowest BCUT2D eigenvalue weighted by Crippen LogP contribution is -2.19. The number of furan rings is 1. The summed E-state index contributed by atoms with van der Waals surface area (Å²) in [4.78, 5) is 23.7. The van der Waals surface area contributed by atoms with Crippen LogP contribution < -0.4 is 0 Å². The van der Waals surface area contributed by atoms with Crippen LogP contribution >= 0.6 is 0 Å². The summed E-state index contributed by atoms with van der Waals surface area (Å²) in [5.41, 5.74) is 3.00. The van der Waals surface area contributed by atoms with Crippen LogP contribution in [-0.4, -0.2) is 28.1 Å². The number of ether oxygens (including phenoxy) is 1. The highest BCUT2D eigenvalue weighted by molar-refractivity contribution is 5.99. The summed E-state index contributed by atoms with van der Waals surface area (Å²) in [5.74, 6) is -0.745. The highest BCUT2D eigenvalue weighted by Gasteiger charge is 2.36. The van der Waals surface area contributed by atoms with Crippen molar-refractivity contribution in [3.8, 4) is 0 Å². The van der Waals surface area contributed by atoms with E-state index in [0.717, 1.165) is 31.3 Å². The second-order valence-corrected chi connectivity index (χ2v) is 8.45. The lowest BCUT2D eigenvalue weighted by Gasteiger charge is -2.14. The van der Waals surface area contributed by atoms with Crippen LogP contribution in [0, 0.1) is 5.92 Å². The van der Waals surface area contributed by atoms with Crippen LogP contribution in [0.2, 0.25) is 0 Å². The van der Waals surface area contributed by atoms with E-state index < -0.39 is 18.0 Å². The fourth-order valence-corrected chi connectivity index (χ4v) is 4.00. The Balaban J connectivity index is 1.41. The third kappa shape index (κ3) is 5.44. The number of rotatable bonds is 9. The van der Waals surface area contributed by atoms with Crippen molar-refractivity contribution in [3.63, 3.8) is 0 Å². The fourth-order valence-electron chi connectivity index (χ4n) is 4.00. The third-order valence-electron chi connectivity index (χ3n) is 5.92. The van der Waals surface area contributed by atoms with E-state index in [1.165, 1.54) is 18.1 Å². The first-order valence-electron chi connectivity index (χ1n) is 10.7. The number of aliphatic hydroxyl groups excluding tert-OH is 2. The summed E-state index contributed by atoms with van der Waals surface area (Å²) in [6.45, 7) is 5.66. The smallest absolute Gasteiger partial charge is 0.343 e. The number of aliphatic hydroxyl groups is 2. The molecule has 3 atom stereocenters. The van der Waals surface area contributed by atoms with E-state index in [9.17, 15) is 19.8 Å². The normalized spacial score (nSPS) is 24.2. The summed E-state index contributed by atoms with van der Waals surface area (Å²) < 4.78 is 10.1. The topological polar surface area (TPSA) is 97.0 Å². The van der Waals surface area contributed by atoms with Gasteiger partial charge in [-0.05, 0) is 75.7 Å². The molecule has 1 aromatic rings. The van der Waals surface area contributed by atoms with Crippen molar-refractivity contribution < 1.29 is 29.0 Å². The molecule has 0 aromatic carbocycles. The number of carbonyl (C=O) groups is 2. The molecule has 1 aliphatic carbocycles. The molecule has 2 N–H and O–H groups in total. The molecular weight excluding hydrogens is 396 g/mol. The molecule has 0 saturated heterocycles. The summed E-state index contributed by atoms with van der Waals surface area (Å²) >= 11 is 0. The molecular formula is C25H30O6. The maximum absolute atomic E-state index is 12.2. The highest BCUT2D eigenvalue weighted by atomic mass is 16.6. The van der Waals surface area contributed by atoms with Crippen molar-refractivity contribution >= 4 is 11.8 Å². The number of esters is 1. The minimum Gasteiger partial charge on any atom is -0.504 e. The maximum atomic E-state index is 12.2. The van der Waals surface area contributed by atoms with Gasteiger partial charge in [0.2, 0.25) is 0 Å². The second-order valence-electron chi connectivity index (χ2n) is 8.45. The zero-order valence-corrected chi connectivity index (χ0v) is 18.3. The van der Waals surface area contributed by atoms with Gasteiger partial charge in [-0.2, -0.15) is 0 Å². The summed E-state index contributed by atoms with van der Waals surface area (Å²) in [6, 6.07) is 1.72. The number of carbonyl (C=O) groups excluding carboxylic acids is 2. The minimum atomic E-state index is -0.786. The Hall–Kier alpha value is -2.86. The molecule has 166 valence electrons. The van der Waals surface area contributed by atoms with E-state index in [1.807, 2.05) is 6.92 Å². The number of cyclic esters (lactones) is 1. The van der Waals surface area contributed by atoms with Gasteiger partial charge >= 0.3 is 5.97 Å². The Kier molecular flexibility index (Phi) is 7.33. The molecule has 1 aromatic heterocycles. The van der Waals surface area contributed by atoms with E-state index in [1.54, 1.807) is 25.1 Å². The molecule has 6 heteroatoms. The summed E-state index contributed by atoms with van der Waals surface area (Å²) in [7, 11) is 0. The SMILES string of the molecule is CC1=C(O)/C(=C/C(C)CCC/C(C)=C/CCC2=CC(=O)[C@@H](c3ccoc3)[C@@H]2O)OC1=O. The first-order chi connectivity index (χ1) is 14.8. The Labute approximate surface area is 182 Å². The van der Waals surface area contributed by atoms with Gasteiger partial charge in [-0.1, -0.05) is 18.6 Å². The molecule has 1 unspecified atom stereocenters. The molecule has 1 aliphatic heterocycles. The van der Waals surface area contributed by atoms with E-state index in [-0.39, 0.29) is 28.8 Å². The predicted molar refractivity (Wildman–Crippen MR) is 116 cm³/mol. The summed E-state index contributed by atoms with van der Waals surface area (Å²) in [6.07, 6.45) is 12.0. The average molecular weight is 427 g/mol. The standard InChI is InChI=1S/C25H30O6/c1-15(6-4-8-16(2)12-21-23(27)17(3)25(29)31-21)7-5-9-18-13-20(26)22(24(18)28)19-10-11-30-14-19/h7,10-14,16,22,24,27-28H,4-6,8-9H2,1-3H3/b15-7+,21-12-/t16?,22-,24-/m1/s1. The van der Waals surface area contributed by atoms with E-state index in [2.05, 4.69) is 13.0 Å². The molecule has 0 bridgehead atoms. The van der Waals surface area contributed by atoms with Crippen LogP contribution in [0.3, 0.4) is 0 Å². The third-order valence-corrected chi connectivity index (χ3v) is 5.92. The van der Waals surface area contributed by atoms with Gasteiger partial charge in [0.1, 0.15) is 0 Å². The van der Waals surface area contributed by atoms with Crippen molar-refractivity contribution in [1.29, 1.82) is 0 Å². The van der Waals surface area contributed by atoms with Crippen LogP contribution in [0.15, 0.2) is 69.5 Å². The zero-order valence-electron chi connectivity index (χ0n) is 18.3. The lowest BCUT2D eigenvalue weighted by atomic mass is 9.93. The van der Waals surface area contributed by atoms with Gasteiger partial charge in [0.05, 0.1) is 30.1 Å². The Bertz CT molecular complexity index is 945. The molecule has 2 aliphatic rings.